The van der Waals surface area contributed by atoms with Gasteiger partial charge in [0.1, 0.15) is 18.0 Å². The maximum Gasteiger partial charge on any atom is 0.265 e. The molecule has 0 radical (unpaired) electrons. The molecule has 1 heterocycles. The first-order chi connectivity index (χ1) is 11.6. The highest BCUT2D eigenvalue weighted by Gasteiger charge is 2.26. The van der Waals surface area contributed by atoms with Crippen LogP contribution in [0.25, 0.3) is 0 Å². The molecule has 2 aromatic carbocycles. The predicted molar refractivity (Wildman–Crippen MR) is 90.9 cm³/mol. The third-order valence-electron chi connectivity index (χ3n) is 3.55. The lowest BCUT2D eigenvalue weighted by Crippen LogP contribution is -2.43. The summed E-state index contributed by atoms with van der Waals surface area (Å²) in [5, 5.41) is 3.11. The second-order valence-electron chi connectivity index (χ2n) is 5.13. The van der Waals surface area contributed by atoms with E-state index in [0.717, 1.165) is 0 Å². The van der Waals surface area contributed by atoms with Gasteiger partial charge in [-0.15, -0.1) is 0 Å². The number of hydrogen-bond acceptors (Lipinski definition) is 4. The fourth-order valence-corrected chi connectivity index (χ4v) is 2.67. The Hall–Kier alpha value is -2.73. The van der Waals surface area contributed by atoms with E-state index in [1.807, 2.05) is 6.07 Å². The third-order valence-corrected chi connectivity index (χ3v) is 3.84. The van der Waals surface area contributed by atoms with Crippen LogP contribution >= 0.6 is 11.6 Å². The van der Waals surface area contributed by atoms with Gasteiger partial charge in [0.15, 0.2) is 6.61 Å². The summed E-state index contributed by atoms with van der Waals surface area (Å²) in [5.41, 5.74) is 1.11. The number of nitrogens with one attached hydrogen (secondary N) is 1. The zero-order valence-electron chi connectivity index (χ0n) is 12.9. The smallest absolute Gasteiger partial charge is 0.265 e. The number of carbonyl (C=O) groups excluding carboxylic acids is 2. The van der Waals surface area contributed by atoms with Gasteiger partial charge >= 0.3 is 0 Å². The van der Waals surface area contributed by atoms with Crippen LogP contribution in [0.5, 0.6) is 11.5 Å². The van der Waals surface area contributed by atoms with Gasteiger partial charge in [-0.3, -0.25) is 14.5 Å². The van der Waals surface area contributed by atoms with Crippen LogP contribution in [0.2, 0.25) is 5.02 Å². The quantitative estimate of drug-likeness (QED) is 0.924. The van der Waals surface area contributed by atoms with E-state index in [4.69, 9.17) is 21.1 Å². The van der Waals surface area contributed by atoms with Crippen LogP contribution in [-0.2, 0) is 9.59 Å². The largest absolute Gasteiger partial charge is 0.495 e. The van der Waals surface area contributed by atoms with Crippen LogP contribution < -0.4 is 19.7 Å². The molecule has 0 aliphatic carbocycles. The van der Waals surface area contributed by atoms with E-state index in [2.05, 4.69) is 5.32 Å². The van der Waals surface area contributed by atoms with E-state index < -0.39 is 0 Å². The van der Waals surface area contributed by atoms with Crippen molar-refractivity contribution in [2.45, 2.75) is 0 Å². The van der Waals surface area contributed by atoms with Crippen LogP contribution in [0.3, 0.4) is 0 Å². The number of halogens is 1. The SMILES string of the molecule is COc1ccc(NC(=O)CN2C(=O)COc3ccccc32)cc1Cl. The van der Waals surface area contributed by atoms with Gasteiger partial charge < -0.3 is 14.8 Å². The minimum Gasteiger partial charge on any atom is -0.495 e. The van der Waals surface area contributed by atoms with E-state index >= 15 is 0 Å². The van der Waals surface area contributed by atoms with Crippen molar-refractivity contribution in [2.75, 3.05) is 30.5 Å². The van der Waals surface area contributed by atoms with E-state index in [0.29, 0.717) is 27.9 Å². The molecule has 2 aromatic rings. The minimum absolute atomic E-state index is 0.0847. The van der Waals surface area contributed by atoms with Crippen molar-refractivity contribution in [3.63, 3.8) is 0 Å². The Labute approximate surface area is 143 Å². The molecule has 3 rings (SSSR count). The number of rotatable bonds is 4. The highest BCUT2D eigenvalue weighted by Crippen LogP contribution is 2.31. The molecule has 0 aromatic heterocycles. The molecule has 0 bridgehead atoms. The molecule has 0 atom stereocenters. The average molecular weight is 347 g/mol. The molecule has 0 saturated heterocycles. The van der Waals surface area contributed by atoms with Crippen LogP contribution in [0.4, 0.5) is 11.4 Å². The number of methoxy groups -OCH3 is 1. The lowest BCUT2D eigenvalue weighted by molar-refractivity contribution is -0.123. The molecule has 1 aliphatic rings. The highest BCUT2D eigenvalue weighted by atomic mass is 35.5. The molecule has 0 saturated carbocycles. The summed E-state index contributed by atoms with van der Waals surface area (Å²) in [7, 11) is 1.51. The molecular formula is C17H15ClN2O4. The van der Waals surface area contributed by atoms with Crippen molar-refractivity contribution in [1.82, 2.24) is 0 Å². The standard InChI is InChI=1S/C17H15ClN2O4/c1-23-14-7-6-11(8-12(14)18)19-16(21)9-20-13-4-2-3-5-15(13)24-10-17(20)22/h2-8H,9-10H2,1H3,(H,19,21). The number of anilines is 2. The normalized spacial score (nSPS) is 13.1. The fraction of sp³-hybridized carbons (Fsp3) is 0.176. The Morgan fingerprint density at radius 1 is 1.33 bits per heavy atom. The van der Waals surface area contributed by atoms with Gasteiger partial charge in [-0.05, 0) is 30.3 Å². The Bertz CT molecular complexity index is 794. The van der Waals surface area contributed by atoms with Crippen LogP contribution in [-0.4, -0.2) is 32.1 Å². The summed E-state index contributed by atoms with van der Waals surface area (Å²) in [6.07, 6.45) is 0. The lowest BCUT2D eigenvalue weighted by atomic mass is 10.2. The molecule has 0 spiro atoms. The summed E-state index contributed by atoms with van der Waals surface area (Å²) >= 11 is 6.04. The molecule has 0 unspecified atom stereocenters. The van der Waals surface area contributed by atoms with Gasteiger partial charge in [-0.1, -0.05) is 23.7 Å². The first-order valence-corrected chi connectivity index (χ1v) is 7.62. The molecule has 2 amide bonds. The molecule has 1 N–H and O–H groups in total. The first-order valence-electron chi connectivity index (χ1n) is 7.24. The summed E-state index contributed by atoms with van der Waals surface area (Å²) in [6, 6.07) is 12.0. The van der Waals surface area contributed by atoms with E-state index in [1.165, 1.54) is 12.0 Å². The number of nitrogens with zero attached hydrogens (tertiary/aromatic N) is 1. The monoisotopic (exact) mass is 346 g/mol. The molecule has 6 nitrogen and oxygen atoms in total. The summed E-state index contributed by atoms with van der Waals surface area (Å²) in [4.78, 5) is 25.7. The minimum atomic E-state index is -0.332. The fourth-order valence-electron chi connectivity index (χ4n) is 2.42. The van der Waals surface area contributed by atoms with Crippen LogP contribution in [0.15, 0.2) is 42.5 Å². The van der Waals surface area contributed by atoms with Crippen LogP contribution in [0, 0.1) is 0 Å². The van der Waals surface area contributed by atoms with Gasteiger partial charge in [0.2, 0.25) is 5.91 Å². The lowest BCUT2D eigenvalue weighted by Gasteiger charge is -2.28. The summed E-state index contributed by atoms with van der Waals surface area (Å²) in [5.74, 6) is 0.502. The molecule has 7 heteroatoms. The number of ether oxygens (including phenoxy) is 2. The maximum absolute atomic E-state index is 12.3. The summed E-state index contributed by atoms with van der Waals surface area (Å²) in [6.45, 7) is -0.193. The van der Waals surface area contributed by atoms with Gasteiger partial charge in [0, 0.05) is 5.69 Å². The van der Waals surface area contributed by atoms with Gasteiger partial charge in [0.05, 0.1) is 17.8 Å². The zero-order valence-corrected chi connectivity index (χ0v) is 13.7. The van der Waals surface area contributed by atoms with E-state index in [1.54, 1.807) is 36.4 Å². The molecule has 24 heavy (non-hydrogen) atoms. The second-order valence-corrected chi connectivity index (χ2v) is 5.54. The Morgan fingerprint density at radius 3 is 2.88 bits per heavy atom. The first kappa shape index (κ1) is 16.1. The average Bonchev–Trinajstić information content (AvgIpc) is 2.58. The number of benzene rings is 2. The molecule has 124 valence electrons. The number of fused-ring (bicyclic) bond motifs is 1. The second kappa shape index (κ2) is 6.80. The van der Waals surface area contributed by atoms with Crippen molar-refractivity contribution in [2.24, 2.45) is 0 Å². The topological polar surface area (TPSA) is 67.9 Å². The van der Waals surface area contributed by atoms with Crippen LogP contribution in [0.1, 0.15) is 0 Å². The number of hydrogen-bond donors (Lipinski definition) is 1. The van der Waals surface area contributed by atoms with Crippen molar-refractivity contribution >= 4 is 34.8 Å². The van der Waals surface area contributed by atoms with Crippen molar-refractivity contribution in [3.05, 3.63) is 47.5 Å². The highest BCUT2D eigenvalue weighted by molar-refractivity contribution is 6.32. The van der Waals surface area contributed by atoms with E-state index in [-0.39, 0.29) is 25.0 Å². The van der Waals surface area contributed by atoms with Crippen molar-refractivity contribution in [3.8, 4) is 11.5 Å². The number of carbonyl (C=O) groups is 2. The zero-order chi connectivity index (χ0) is 17.1. The number of amides is 2. The predicted octanol–water partition coefficient (Wildman–Crippen LogP) is 2.71. The number of para-hydroxylation sites is 2. The Morgan fingerprint density at radius 2 is 2.12 bits per heavy atom. The molecule has 1 aliphatic heterocycles. The molecular weight excluding hydrogens is 332 g/mol. The van der Waals surface area contributed by atoms with Crippen molar-refractivity contribution in [1.29, 1.82) is 0 Å². The molecule has 0 fully saturated rings. The van der Waals surface area contributed by atoms with Crippen molar-refractivity contribution < 1.29 is 19.1 Å². The third kappa shape index (κ3) is 3.28. The Balaban J connectivity index is 1.73. The maximum atomic E-state index is 12.3. The van der Waals surface area contributed by atoms with Gasteiger partial charge in [-0.2, -0.15) is 0 Å². The van der Waals surface area contributed by atoms with Gasteiger partial charge in [0.25, 0.3) is 5.91 Å². The van der Waals surface area contributed by atoms with E-state index in [9.17, 15) is 9.59 Å². The van der Waals surface area contributed by atoms with Gasteiger partial charge in [-0.25, -0.2) is 0 Å². The Kier molecular flexibility index (Phi) is 4.57. The summed E-state index contributed by atoms with van der Waals surface area (Å²) < 4.78 is 10.4.